The lowest BCUT2D eigenvalue weighted by Crippen LogP contribution is -2.32. The van der Waals surface area contributed by atoms with Crippen LogP contribution in [-0.2, 0) is 62.4 Å². The van der Waals surface area contributed by atoms with Crippen molar-refractivity contribution in [2.75, 3.05) is 29.5 Å². The van der Waals surface area contributed by atoms with E-state index in [1.807, 2.05) is 68.2 Å². The van der Waals surface area contributed by atoms with E-state index in [1.165, 1.54) is 18.2 Å². The van der Waals surface area contributed by atoms with Crippen molar-refractivity contribution in [2.24, 2.45) is 0 Å². The molecule has 2 aliphatic rings. The highest BCUT2D eigenvalue weighted by Gasteiger charge is 2.47. The lowest BCUT2D eigenvalue weighted by molar-refractivity contribution is -0.438. The third-order valence-electron chi connectivity index (χ3n) is 11.1. The van der Waals surface area contributed by atoms with Crippen molar-refractivity contribution in [3.8, 4) is 0 Å². The highest BCUT2D eigenvalue weighted by atomic mass is 32.2. The molecule has 4 N–H and O–H groups in total. The van der Waals surface area contributed by atoms with E-state index in [4.69, 9.17) is 25.3 Å². The van der Waals surface area contributed by atoms with Gasteiger partial charge in [-0.05, 0) is 87.6 Å². The summed E-state index contributed by atoms with van der Waals surface area (Å²) in [5.41, 5.74) is 3.76. The van der Waals surface area contributed by atoms with Crippen LogP contribution in [-0.4, -0.2) is 115 Å². The summed E-state index contributed by atoms with van der Waals surface area (Å²) >= 11 is 0. The standard InChI is InChI=1S/C42H51N3O11S3.CH4.2O3S/c1-5-7-25-44-36-16-9-8-13-32(36)42(4,24-11-27-57(48,49)50)39(44)22-18-30(34-14-10-15-35(43-34)40(46)47)17-21-38-41(3,23-6-2)33-29-31(59(54,55)56)19-20-37(33)45(38)26-12-28-58(51,52)53;;2*1-4(2)3/h8-10,13-22,29H,5-7,11-12,23-28H2,1-4H3,(H3-,46,47,48,49,50,51,52,53,54,55,56);1H4;;/p+1. The van der Waals surface area contributed by atoms with Gasteiger partial charge in [-0.3, -0.25) is 13.7 Å². The summed E-state index contributed by atoms with van der Waals surface area (Å²) in [6.45, 7) is 8.80. The quantitative estimate of drug-likeness (QED) is 0.0620. The topological polar surface area (TPSA) is 322 Å². The number of benzene rings is 2. The zero-order valence-corrected chi connectivity index (χ0v) is 40.9. The minimum atomic E-state index is -4.58. The molecule has 25 heteroatoms. The normalized spacial score (nSPS) is 18.5. The van der Waals surface area contributed by atoms with Crippen LogP contribution in [0.3, 0.4) is 0 Å². The Morgan fingerprint density at radius 3 is 1.90 bits per heavy atom. The molecule has 3 aromatic rings. The number of aromatic nitrogens is 1. The Morgan fingerprint density at radius 1 is 0.750 bits per heavy atom. The van der Waals surface area contributed by atoms with Crippen molar-refractivity contribution in [1.82, 2.24) is 4.98 Å². The van der Waals surface area contributed by atoms with Crippen molar-refractivity contribution >= 4 is 80.2 Å². The molecular weight excluding hydrogens is 991 g/mol. The first kappa shape index (κ1) is 58.8. The van der Waals surface area contributed by atoms with Gasteiger partial charge in [0.1, 0.15) is 12.2 Å². The molecule has 0 bridgehead atoms. The number of pyridine rings is 1. The van der Waals surface area contributed by atoms with E-state index in [1.54, 1.807) is 24.3 Å². The van der Waals surface area contributed by atoms with Crippen molar-refractivity contribution in [3.63, 3.8) is 0 Å². The molecule has 0 aliphatic carbocycles. The number of anilines is 1. The van der Waals surface area contributed by atoms with Gasteiger partial charge in [0.2, 0.25) is 5.69 Å². The summed E-state index contributed by atoms with van der Waals surface area (Å²) in [4.78, 5) is 18.1. The van der Waals surface area contributed by atoms with Crippen molar-refractivity contribution in [1.29, 1.82) is 0 Å². The number of rotatable bonds is 19. The number of allylic oxidation sites excluding steroid dienone is 6. The first-order chi connectivity index (χ1) is 31.1. The summed E-state index contributed by atoms with van der Waals surface area (Å²) in [5.74, 6) is -2.16. The lowest BCUT2D eigenvalue weighted by Gasteiger charge is -2.30. The molecule has 68 heavy (non-hydrogen) atoms. The van der Waals surface area contributed by atoms with Crippen LogP contribution >= 0.6 is 0 Å². The van der Waals surface area contributed by atoms with Crippen molar-refractivity contribution in [3.05, 3.63) is 113 Å². The lowest BCUT2D eigenvalue weighted by atomic mass is 9.75. The maximum Gasteiger partial charge on any atom is 0.425 e. The molecule has 20 nitrogen and oxygen atoms in total. The molecule has 3 heterocycles. The van der Waals surface area contributed by atoms with Gasteiger partial charge in [0, 0.05) is 53.0 Å². The number of aromatic carboxylic acids is 1. The van der Waals surface area contributed by atoms with E-state index in [2.05, 4.69) is 16.5 Å². The fourth-order valence-corrected chi connectivity index (χ4v) is 9.83. The molecule has 0 radical (unpaired) electrons. The number of nitrogens with zero attached hydrogens (tertiary/aromatic N) is 3. The first-order valence-electron chi connectivity index (χ1n) is 20.5. The summed E-state index contributed by atoms with van der Waals surface area (Å²) in [5, 5.41) is 9.89. The average Bonchev–Trinajstić information content (AvgIpc) is 3.58. The number of carboxylic acids is 1. The van der Waals surface area contributed by atoms with E-state index in [9.17, 15) is 48.8 Å². The van der Waals surface area contributed by atoms with Gasteiger partial charge in [-0.1, -0.05) is 64.5 Å². The molecule has 0 amide bonds. The minimum absolute atomic E-state index is 0. The molecular formula is C43H56N3O17S5+. The highest BCUT2D eigenvalue weighted by Crippen LogP contribution is 2.51. The Hall–Kier alpha value is -5.28. The average molecular weight is 1050 g/mol. The number of unbranched alkanes of at least 4 members (excludes halogenated alkanes) is 1. The zero-order valence-electron chi connectivity index (χ0n) is 36.8. The summed E-state index contributed by atoms with van der Waals surface area (Å²) < 4.78 is 154. The summed E-state index contributed by atoms with van der Waals surface area (Å²) in [6.07, 6.45) is 10.9. The molecule has 0 spiro atoms. The summed E-state index contributed by atoms with van der Waals surface area (Å²) in [7, 11) is -19.3. The number of para-hydroxylation sites is 1. The van der Waals surface area contributed by atoms with Crippen LogP contribution < -0.4 is 4.90 Å². The van der Waals surface area contributed by atoms with E-state index in [0.29, 0.717) is 54.0 Å². The van der Waals surface area contributed by atoms with Gasteiger partial charge in [-0.25, -0.2) is 9.78 Å². The molecule has 0 fully saturated rings. The zero-order chi connectivity index (χ0) is 50.5. The number of carbonyl (C=O) groups is 1. The largest absolute Gasteiger partial charge is 0.477 e. The predicted molar refractivity (Wildman–Crippen MR) is 254 cm³/mol. The van der Waals surface area contributed by atoms with Gasteiger partial charge in [0.15, 0.2) is 5.71 Å². The number of fused-ring (bicyclic) bond motifs is 2. The fraction of sp³-hybridized carbons (Fsp3) is 0.419. The van der Waals surface area contributed by atoms with Gasteiger partial charge in [0.05, 0.1) is 27.5 Å². The molecule has 2 aliphatic heterocycles. The second kappa shape index (κ2) is 24.8. The monoisotopic (exact) mass is 1050 g/mol. The van der Waals surface area contributed by atoms with Crippen LogP contribution in [0.4, 0.5) is 11.4 Å². The third kappa shape index (κ3) is 16.2. The molecule has 374 valence electrons. The van der Waals surface area contributed by atoms with Gasteiger partial charge < -0.3 is 10.0 Å². The van der Waals surface area contributed by atoms with Gasteiger partial charge >= 0.3 is 27.2 Å². The Kier molecular flexibility index (Phi) is 21.5. The maximum atomic E-state index is 12.3. The smallest absolute Gasteiger partial charge is 0.425 e. The van der Waals surface area contributed by atoms with Crippen LogP contribution in [0.25, 0.3) is 5.57 Å². The minimum Gasteiger partial charge on any atom is -0.477 e. The molecule has 2 unspecified atom stereocenters. The van der Waals surface area contributed by atoms with Crippen LogP contribution in [0.15, 0.2) is 95.6 Å². The Balaban J connectivity index is 0.00000163. The Bertz CT molecular complexity index is 3000. The number of hydrogen-bond acceptors (Lipinski definition) is 15. The molecule has 2 aromatic carbocycles. The second-order valence-corrected chi connectivity index (χ2v) is 21.2. The van der Waals surface area contributed by atoms with Crippen LogP contribution in [0.5, 0.6) is 0 Å². The molecule has 0 saturated carbocycles. The Labute approximate surface area is 400 Å². The second-order valence-electron chi connectivity index (χ2n) is 15.8. The number of carboxylic acid groups (broad SMARTS) is 1. The maximum absolute atomic E-state index is 12.3. The van der Waals surface area contributed by atoms with E-state index in [-0.39, 0.29) is 37.4 Å². The van der Waals surface area contributed by atoms with Crippen LogP contribution in [0, 0.1) is 0 Å². The third-order valence-corrected chi connectivity index (χ3v) is 13.6. The molecule has 2 atom stereocenters. The van der Waals surface area contributed by atoms with Crippen LogP contribution in [0.1, 0.15) is 107 Å². The van der Waals surface area contributed by atoms with E-state index >= 15 is 0 Å². The van der Waals surface area contributed by atoms with E-state index < -0.39 is 79.9 Å². The van der Waals surface area contributed by atoms with Crippen molar-refractivity contribution in [2.45, 2.75) is 95.8 Å². The molecule has 0 saturated heterocycles. The van der Waals surface area contributed by atoms with Gasteiger partial charge in [-0.2, -0.15) is 29.8 Å². The van der Waals surface area contributed by atoms with Crippen LogP contribution in [0.2, 0.25) is 0 Å². The highest BCUT2D eigenvalue weighted by molar-refractivity contribution is 7.86. The SMILES string of the molecule is C.CCCC[N+]1=C(/C=C/C(=C/C=C2/N(CCCS(=O)(=O)O)c3ccc(S(=O)(=O)O)cc3C2(C)CCC)c2cccc(C(=O)O)n2)C(C)(CCCS(=O)(=O)O)c2ccccc21.O=S(=O)=O.O=S(=O)=O. The van der Waals surface area contributed by atoms with Crippen molar-refractivity contribution < 1.29 is 78.6 Å². The first-order valence-corrected chi connectivity index (χ1v) is 27.1. The van der Waals surface area contributed by atoms with Gasteiger partial charge in [-0.15, -0.1) is 25.3 Å². The molecule has 5 rings (SSSR count). The Morgan fingerprint density at radius 2 is 1.34 bits per heavy atom. The molecule has 1 aromatic heterocycles. The van der Waals surface area contributed by atoms with Gasteiger partial charge in [0.25, 0.3) is 30.4 Å². The predicted octanol–water partition coefficient (Wildman–Crippen LogP) is 5.86. The fourth-order valence-electron chi connectivity index (χ4n) is 8.32. The van der Waals surface area contributed by atoms with E-state index in [0.717, 1.165) is 29.8 Å². The number of hydrogen-bond donors (Lipinski definition) is 4. The summed E-state index contributed by atoms with van der Waals surface area (Å²) in [6, 6.07) is 16.8.